The van der Waals surface area contributed by atoms with Gasteiger partial charge in [-0.1, -0.05) is 17.7 Å². The van der Waals surface area contributed by atoms with Crippen LogP contribution in [-0.2, 0) is 14.3 Å². The Bertz CT molecular complexity index is 648. The first-order valence-electron chi connectivity index (χ1n) is 6.99. The molecule has 0 aliphatic rings. The molecular weight excluding hydrogens is 339 g/mol. The van der Waals surface area contributed by atoms with E-state index in [2.05, 4.69) is 10.1 Å². The Morgan fingerprint density at radius 3 is 2.54 bits per heavy atom. The highest BCUT2D eigenvalue weighted by molar-refractivity contribution is 6.32. The predicted molar refractivity (Wildman–Crippen MR) is 87.8 cm³/mol. The van der Waals surface area contributed by atoms with Gasteiger partial charge < -0.3 is 10.1 Å². The molecule has 0 atom stereocenters. The number of hydrogen-bond donors (Lipinski definition) is 2. The normalized spacial score (nSPS) is 11.2. The summed E-state index contributed by atoms with van der Waals surface area (Å²) in [6, 6.07) is 3.40. The maximum atomic E-state index is 13.5. The molecule has 0 saturated carbocycles. The van der Waals surface area contributed by atoms with E-state index in [-0.39, 0.29) is 10.6 Å². The van der Waals surface area contributed by atoms with Gasteiger partial charge in [0.05, 0.1) is 5.02 Å². The van der Waals surface area contributed by atoms with E-state index in [4.69, 9.17) is 11.6 Å². The summed E-state index contributed by atoms with van der Waals surface area (Å²) in [4.78, 5) is 34.4. The number of carbonyl (C=O) groups excluding carboxylic acids is 3. The van der Waals surface area contributed by atoms with Crippen molar-refractivity contribution in [3.05, 3.63) is 40.7 Å². The second-order valence-corrected chi connectivity index (χ2v) is 6.24. The van der Waals surface area contributed by atoms with Crippen molar-refractivity contribution in [1.82, 2.24) is 10.6 Å². The van der Waals surface area contributed by atoms with Crippen molar-refractivity contribution in [2.45, 2.75) is 26.3 Å². The van der Waals surface area contributed by atoms with Crippen LogP contribution < -0.4 is 10.6 Å². The number of hydrogen-bond acceptors (Lipinski definition) is 4. The largest absolute Gasteiger partial charge is 0.452 e. The van der Waals surface area contributed by atoms with Crippen molar-refractivity contribution < 1.29 is 23.5 Å². The molecule has 0 bridgehead atoms. The maximum Gasteiger partial charge on any atom is 0.331 e. The van der Waals surface area contributed by atoms with Crippen LogP contribution in [0.15, 0.2) is 24.3 Å². The second kappa shape index (κ2) is 8.44. The number of esters is 1. The number of amides is 3. The topological polar surface area (TPSA) is 84.5 Å². The molecule has 0 aliphatic heterocycles. The summed E-state index contributed by atoms with van der Waals surface area (Å²) in [5.41, 5.74) is -0.479. The van der Waals surface area contributed by atoms with Crippen LogP contribution in [0, 0.1) is 5.82 Å². The standard InChI is InChI=1S/C16H18ClFN2O4/c1-16(2,3)20-15(23)19-13(21)9-24-14(22)8-7-10-11(17)5-4-6-12(10)18/h4-8H,9H2,1-3H3,(H2,19,20,21,23)/b8-7+. The molecule has 1 aromatic rings. The van der Waals surface area contributed by atoms with Gasteiger partial charge in [-0.25, -0.2) is 14.0 Å². The number of urea groups is 1. The number of nitrogens with one attached hydrogen (secondary N) is 2. The van der Waals surface area contributed by atoms with Crippen LogP contribution in [0.1, 0.15) is 26.3 Å². The monoisotopic (exact) mass is 356 g/mol. The minimum atomic E-state index is -0.874. The average molecular weight is 357 g/mol. The third kappa shape index (κ3) is 7.23. The molecule has 0 spiro atoms. The zero-order chi connectivity index (χ0) is 18.3. The van der Waals surface area contributed by atoms with Crippen LogP contribution in [0.4, 0.5) is 9.18 Å². The van der Waals surface area contributed by atoms with Crippen molar-refractivity contribution in [1.29, 1.82) is 0 Å². The van der Waals surface area contributed by atoms with E-state index >= 15 is 0 Å². The Labute approximate surface area is 144 Å². The molecule has 8 heteroatoms. The Balaban J connectivity index is 2.47. The summed E-state index contributed by atoms with van der Waals surface area (Å²) in [6.45, 7) is 4.59. The average Bonchev–Trinajstić information content (AvgIpc) is 2.42. The van der Waals surface area contributed by atoms with Gasteiger partial charge in [-0.15, -0.1) is 0 Å². The third-order valence-electron chi connectivity index (χ3n) is 2.47. The van der Waals surface area contributed by atoms with E-state index in [0.29, 0.717) is 0 Å². The Hall–Kier alpha value is -2.41. The third-order valence-corrected chi connectivity index (χ3v) is 2.80. The summed E-state index contributed by atoms with van der Waals surface area (Å²) in [6.07, 6.45) is 2.08. The Morgan fingerprint density at radius 1 is 1.29 bits per heavy atom. The summed E-state index contributed by atoms with van der Waals surface area (Å²) in [5.74, 6) is -2.26. The summed E-state index contributed by atoms with van der Waals surface area (Å²) >= 11 is 5.80. The molecule has 3 amide bonds. The van der Waals surface area contributed by atoms with Gasteiger partial charge in [-0.3, -0.25) is 10.1 Å². The smallest absolute Gasteiger partial charge is 0.331 e. The zero-order valence-electron chi connectivity index (χ0n) is 13.5. The van der Waals surface area contributed by atoms with Gasteiger partial charge in [-0.05, 0) is 39.0 Å². The first-order valence-corrected chi connectivity index (χ1v) is 7.37. The van der Waals surface area contributed by atoms with E-state index in [1.807, 2.05) is 5.32 Å². The van der Waals surface area contributed by atoms with Crippen LogP contribution in [0.2, 0.25) is 5.02 Å². The van der Waals surface area contributed by atoms with Crippen LogP contribution in [0.25, 0.3) is 6.08 Å². The van der Waals surface area contributed by atoms with E-state index in [0.717, 1.165) is 12.2 Å². The van der Waals surface area contributed by atoms with E-state index in [9.17, 15) is 18.8 Å². The molecule has 0 aromatic heterocycles. The molecule has 0 fully saturated rings. The molecule has 0 saturated heterocycles. The predicted octanol–water partition coefficient (Wildman–Crippen LogP) is 2.66. The minimum Gasteiger partial charge on any atom is -0.452 e. The van der Waals surface area contributed by atoms with Crippen LogP contribution in [0.3, 0.4) is 0 Å². The minimum absolute atomic E-state index is 0.0325. The van der Waals surface area contributed by atoms with Crippen molar-refractivity contribution in [3.8, 4) is 0 Å². The number of imide groups is 1. The molecule has 0 aliphatic carbocycles. The van der Waals surface area contributed by atoms with Gasteiger partial charge in [0, 0.05) is 17.2 Å². The number of benzene rings is 1. The quantitative estimate of drug-likeness (QED) is 0.641. The number of rotatable bonds is 4. The fourth-order valence-electron chi connectivity index (χ4n) is 1.54. The van der Waals surface area contributed by atoms with Crippen molar-refractivity contribution >= 4 is 35.6 Å². The molecule has 1 aromatic carbocycles. The SMILES string of the molecule is CC(C)(C)NC(=O)NC(=O)COC(=O)/C=C/c1c(F)cccc1Cl. The van der Waals surface area contributed by atoms with Gasteiger partial charge >= 0.3 is 12.0 Å². The fourth-order valence-corrected chi connectivity index (χ4v) is 1.77. The molecule has 6 nitrogen and oxygen atoms in total. The zero-order valence-corrected chi connectivity index (χ0v) is 14.2. The molecule has 130 valence electrons. The Morgan fingerprint density at radius 2 is 1.96 bits per heavy atom. The summed E-state index contributed by atoms with van der Waals surface area (Å²) in [5, 5.41) is 4.66. The maximum absolute atomic E-state index is 13.5. The van der Waals surface area contributed by atoms with Gasteiger partial charge in [0.15, 0.2) is 6.61 Å². The van der Waals surface area contributed by atoms with Gasteiger partial charge in [0.1, 0.15) is 5.82 Å². The molecule has 1 rings (SSSR count). The van der Waals surface area contributed by atoms with Crippen molar-refractivity contribution in [2.75, 3.05) is 6.61 Å². The van der Waals surface area contributed by atoms with Crippen LogP contribution >= 0.6 is 11.6 Å². The van der Waals surface area contributed by atoms with Crippen molar-refractivity contribution in [3.63, 3.8) is 0 Å². The van der Waals surface area contributed by atoms with E-state index in [1.54, 1.807) is 20.8 Å². The summed E-state index contributed by atoms with van der Waals surface area (Å²) in [7, 11) is 0. The van der Waals surface area contributed by atoms with E-state index in [1.165, 1.54) is 18.2 Å². The van der Waals surface area contributed by atoms with Gasteiger partial charge in [-0.2, -0.15) is 0 Å². The number of halogens is 2. The first kappa shape index (κ1) is 19.6. The summed E-state index contributed by atoms with van der Waals surface area (Å²) < 4.78 is 18.2. The van der Waals surface area contributed by atoms with Gasteiger partial charge in [0.25, 0.3) is 5.91 Å². The lowest BCUT2D eigenvalue weighted by Crippen LogP contribution is -2.49. The highest BCUT2D eigenvalue weighted by Crippen LogP contribution is 2.20. The lowest BCUT2D eigenvalue weighted by atomic mass is 10.1. The van der Waals surface area contributed by atoms with Crippen LogP contribution in [0.5, 0.6) is 0 Å². The molecule has 0 unspecified atom stereocenters. The second-order valence-electron chi connectivity index (χ2n) is 5.83. The molecule has 24 heavy (non-hydrogen) atoms. The lowest BCUT2D eigenvalue weighted by molar-refractivity contribution is -0.143. The fraction of sp³-hybridized carbons (Fsp3) is 0.312. The number of ether oxygens (including phenoxy) is 1. The highest BCUT2D eigenvalue weighted by atomic mass is 35.5. The molecular formula is C16H18ClFN2O4. The lowest BCUT2D eigenvalue weighted by Gasteiger charge is -2.20. The van der Waals surface area contributed by atoms with Gasteiger partial charge in [0.2, 0.25) is 0 Å². The highest BCUT2D eigenvalue weighted by Gasteiger charge is 2.16. The number of carbonyl (C=O) groups is 3. The first-order chi connectivity index (χ1) is 11.1. The molecule has 0 radical (unpaired) electrons. The molecule has 2 N–H and O–H groups in total. The molecule has 0 heterocycles. The Kier molecular flexibility index (Phi) is 6.91. The van der Waals surface area contributed by atoms with E-state index < -0.39 is 35.9 Å². The van der Waals surface area contributed by atoms with Crippen molar-refractivity contribution in [2.24, 2.45) is 0 Å². The van der Waals surface area contributed by atoms with Crippen LogP contribution in [-0.4, -0.2) is 30.1 Å².